The Balaban J connectivity index is 1.65. The molecule has 2 saturated heterocycles. The monoisotopic (exact) mass is 455 g/mol. The van der Waals surface area contributed by atoms with Gasteiger partial charge in [0.25, 0.3) is 6.10 Å². The highest BCUT2D eigenvalue weighted by molar-refractivity contribution is 5.68. The SMILES string of the molecule is O=C(OC(C(F)(F)F)C(F)(F)F)N1CCN(C(c2ccccc2)C2COCCN2)CC1. The second-order valence-corrected chi connectivity index (χ2v) is 7.36. The molecule has 2 fully saturated rings. The number of nitrogens with zero attached hydrogens (tertiary/aromatic N) is 2. The van der Waals surface area contributed by atoms with Gasteiger partial charge < -0.3 is 19.7 Å². The summed E-state index contributed by atoms with van der Waals surface area (Å²) in [5.41, 5.74) is 0.996. The first-order chi connectivity index (χ1) is 14.6. The molecule has 12 heteroatoms. The fourth-order valence-corrected chi connectivity index (χ4v) is 3.81. The van der Waals surface area contributed by atoms with Crippen molar-refractivity contribution in [2.45, 2.75) is 30.5 Å². The van der Waals surface area contributed by atoms with E-state index in [0.717, 1.165) is 10.5 Å². The summed E-state index contributed by atoms with van der Waals surface area (Å²) in [5, 5.41) is 3.39. The number of benzene rings is 1. The summed E-state index contributed by atoms with van der Waals surface area (Å²) < 4.78 is 85.3. The number of nitrogens with one attached hydrogen (secondary N) is 1. The summed E-state index contributed by atoms with van der Waals surface area (Å²) in [4.78, 5) is 14.9. The van der Waals surface area contributed by atoms with Crippen molar-refractivity contribution in [2.24, 2.45) is 0 Å². The van der Waals surface area contributed by atoms with Crippen molar-refractivity contribution in [1.29, 1.82) is 0 Å². The number of amides is 1. The molecule has 31 heavy (non-hydrogen) atoms. The lowest BCUT2D eigenvalue weighted by atomic mass is 9.96. The molecule has 1 aromatic carbocycles. The third kappa shape index (κ3) is 6.01. The topological polar surface area (TPSA) is 54.0 Å². The Kier molecular flexibility index (Phi) is 7.32. The lowest BCUT2D eigenvalue weighted by Crippen LogP contribution is -2.57. The number of hydrogen-bond donors (Lipinski definition) is 1. The predicted molar refractivity (Wildman–Crippen MR) is 97.3 cm³/mol. The zero-order valence-corrected chi connectivity index (χ0v) is 16.5. The molecule has 1 N–H and O–H groups in total. The normalized spacial score (nSPS) is 22.4. The highest BCUT2D eigenvalue weighted by Crippen LogP contribution is 2.36. The molecule has 0 aliphatic carbocycles. The van der Waals surface area contributed by atoms with Crippen LogP contribution in [0.4, 0.5) is 31.1 Å². The second-order valence-electron chi connectivity index (χ2n) is 7.36. The Morgan fingerprint density at radius 1 is 1.03 bits per heavy atom. The molecule has 2 aliphatic rings. The third-order valence-corrected chi connectivity index (χ3v) is 5.25. The molecule has 2 heterocycles. The van der Waals surface area contributed by atoms with Gasteiger partial charge in [0.05, 0.1) is 25.3 Å². The molecule has 6 nitrogen and oxygen atoms in total. The fourth-order valence-electron chi connectivity index (χ4n) is 3.81. The van der Waals surface area contributed by atoms with Gasteiger partial charge in [0, 0.05) is 32.7 Å². The van der Waals surface area contributed by atoms with E-state index in [4.69, 9.17) is 4.74 Å². The molecule has 0 bridgehead atoms. The van der Waals surface area contributed by atoms with E-state index in [2.05, 4.69) is 10.1 Å². The van der Waals surface area contributed by atoms with Crippen LogP contribution in [-0.4, -0.2) is 86.3 Å². The first-order valence-electron chi connectivity index (χ1n) is 9.76. The summed E-state index contributed by atoms with van der Waals surface area (Å²) in [6.07, 6.45) is -17.2. The Labute approximate surface area is 175 Å². The summed E-state index contributed by atoms with van der Waals surface area (Å²) in [7, 11) is 0. The van der Waals surface area contributed by atoms with Crippen molar-refractivity contribution in [3.63, 3.8) is 0 Å². The van der Waals surface area contributed by atoms with Crippen LogP contribution in [-0.2, 0) is 9.47 Å². The average Bonchev–Trinajstić information content (AvgIpc) is 2.72. The van der Waals surface area contributed by atoms with E-state index >= 15 is 0 Å². The van der Waals surface area contributed by atoms with Crippen LogP contribution in [0.5, 0.6) is 0 Å². The Morgan fingerprint density at radius 2 is 1.65 bits per heavy atom. The van der Waals surface area contributed by atoms with Gasteiger partial charge >= 0.3 is 18.4 Å². The number of alkyl halides is 6. The lowest BCUT2D eigenvalue weighted by Gasteiger charge is -2.43. The summed E-state index contributed by atoms with van der Waals surface area (Å²) in [6, 6.07) is 9.35. The maximum Gasteiger partial charge on any atom is 0.434 e. The van der Waals surface area contributed by atoms with Gasteiger partial charge in [-0.2, -0.15) is 26.3 Å². The largest absolute Gasteiger partial charge is 0.434 e. The van der Waals surface area contributed by atoms with Gasteiger partial charge in [0.15, 0.2) is 0 Å². The summed E-state index contributed by atoms with van der Waals surface area (Å²) in [5.74, 6) is 0. The second kappa shape index (κ2) is 9.61. The van der Waals surface area contributed by atoms with Crippen LogP contribution in [0.1, 0.15) is 11.6 Å². The third-order valence-electron chi connectivity index (χ3n) is 5.25. The predicted octanol–water partition coefficient (Wildman–Crippen LogP) is 2.96. The zero-order valence-electron chi connectivity index (χ0n) is 16.5. The number of rotatable bonds is 4. The van der Waals surface area contributed by atoms with E-state index in [1.165, 1.54) is 0 Å². The minimum absolute atomic E-state index is 0.0468. The van der Waals surface area contributed by atoms with E-state index in [1.54, 1.807) is 0 Å². The van der Waals surface area contributed by atoms with Gasteiger partial charge in [-0.05, 0) is 5.56 Å². The highest BCUT2D eigenvalue weighted by Gasteiger charge is 2.60. The molecule has 2 atom stereocenters. The van der Waals surface area contributed by atoms with Crippen LogP contribution in [0.3, 0.4) is 0 Å². The molecule has 0 saturated carbocycles. The van der Waals surface area contributed by atoms with Crippen molar-refractivity contribution >= 4 is 6.09 Å². The van der Waals surface area contributed by atoms with E-state index in [1.807, 2.05) is 35.2 Å². The molecule has 0 spiro atoms. The first-order valence-corrected chi connectivity index (χ1v) is 9.76. The maximum atomic E-state index is 12.7. The summed E-state index contributed by atoms with van der Waals surface area (Å²) in [6.45, 7) is 2.11. The Morgan fingerprint density at radius 3 is 2.16 bits per heavy atom. The van der Waals surface area contributed by atoms with Crippen LogP contribution in [0.15, 0.2) is 30.3 Å². The number of morpholine rings is 1. The van der Waals surface area contributed by atoms with Crippen LogP contribution < -0.4 is 5.32 Å². The molecule has 1 aromatic rings. The fraction of sp³-hybridized carbons (Fsp3) is 0.632. The number of ether oxygens (including phenoxy) is 2. The molecular formula is C19H23F6N3O3. The quantitative estimate of drug-likeness (QED) is 0.708. The van der Waals surface area contributed by atoms with Gasteiger partial charge in [-0.25, -0.2) is 4.79 Å². The van der Waals surface area contributed by atoms with E-state index in [9.17, 15) is 31.1 Å². The Bertz CT molecular complexity index is 703. The lowest BCUT2D eigenvalue weighted by molar-refractivity contribution is -0.308. The van der Waals surface area contributed by atoms with Crippen molar-refractivity contribution in [3.05, 3.63) is 35.9 Å². The molecule has 2 aliphatic heterocycles. The highest BCUT2D eigenvalue weighted by atomic mass is 19.4. The first kappa shape index (κ1) is 23.6. The van der Waals surface area contributed by atoms with Crippen molar-refractivity contribution in [3.8, 4) is 0 Å². The number of carbonyl (C=O) groups excluding carboxylic acids is 1. The molecule has 0 radical (unpaired) electrons. The van der Waals surface area contributed by atoms with Crippen LogP contribution in [0.2, 0.25) is 0 Å². The van der Waals surface area contributed by atoms with Crippen LogP contribution in [0.25, 0.3) is 0 Å². The van der Waals surface area contributed by atoms with Crippen molar-refractivity contribution < 1.29 is 40.6 Å². The smallest absolute Gasteiger partial charge is 0.426 e. The van der Waals surface area contributed by atoms with Gasteiger partial charge in [0.1, 0.15) is 0 Å². The zero-order chi connectivity index (χ0) is 22.6. The molecule has 3 rings (SSSR count). The molecule has 174 valence electrons. The van der Waals surface area contributed by atoms with Gasteiger partial charge in [-0.1, -0.05) is 30.3 Å². The molecule has 0 aromatic heterocycles. The van der Waals surface area contributed by atoms with Gasteiger partial charge in [0.2, 0.25) is 0 Å². The van der Waals surface area contributed by atoms with Gasteiger partial charge in [-0.15, -0.1) is 0 Å². The van der Waals surface area contributed by atoms with Crippen molar-refractivity contribution in [1.82, 2.24) is 15.1 Å². The average molecular weight is 455 g/mol. The molecule has 2 unspecified atom stereocenters. The van der Waals surface area contributed by atoms with E-state index in [0.29, 0.717) is 19.8 Å². The number of carbonyl (C=O) groups is 1. The van der Waals surface area contributed by atoms with E-state index < -0.39 is 24.5 Å². The van der Waals surface area contributed by atoms with Crippen LogP contribution >= 0.6 is 0 Å². The standard InChI is InChI=1S/C19H23F6N3O3/c20-18(21,22)16(19(23,24)25)31-17(29)28-9-7-27(8-10-28)15(13-4-2-1-3-5-13)14-12-30-11-6-26-14/h1-5,14-16,26H,6-12H2. The summed E-state index contributed by atoms with van der Waals surface area (Å²) >= 11 is 0. The minimum atomic E-state index is -5.74. The van der Waals surface area contributed by atoms with Gasteiger partial charge in [-0.3, -0.25) is 4.90 Å². The van der Waals surface area contributed by atoms with Crippen molar-refractivity contribution in [2.75, 3.05) is 45.9 Å². The molecular weight excluding hydrogens is 432 g/mol. The maximum absolute atomic E-state index is 12.7. The van der Waals surface area contributed by atoms with Crippen LogP contribution in [0, 0.1) is 0 Å². The molecule has 1 amide bonds. The number of piperazine rings is 1. The van der Waals surface area contributed by atoms with E-state index in [-0.39, 0.29) is 38.3 Å². The Hall–Kier alpha value is -2.05. The number of halogens is 6. The number of hydrogen-bond acceptors (Lipinski definition) is 5. The minimum Gasteiger partial charge on any atom is -0.426 e.